The molecule has 0 saturated carbocycles. The van der Waals surface area contributed by atoms with Crippen LogP contribution in [0.25, 0.3) is 0 Å². The van der Waals surface area contributed by atoms with E-state index in [-0.39, 0.29) is 19.1 Å². The van der Waals surface area contributed by atoms with E-state index < -0.39 is 5.60 Å². The SMILES string of the molecule is CC(C)CC(C)(O)CNC(=O)COc1ccc(Cl)cc1Cl. The predicted octanol–water partition coefficient (Wildman–Crippen LogP) is 3.29. The first-order valence-corrected chi connectivity index (χ1v) is 7.52. The van der Waals surface area contributed by atoms with E-state index in [9.17, 15) is 9.90 Å². The minimum atomic E-state index is -0.929. The van der Waals surface area contributed by atoms with Gasteiger partial charge in [0.1, 0.15) is 5.75 Å². The summed E-state index contributed by atoms with van der Waals surface area (Å²) in [7, 11) is 0. The Bertz CT molecular complexity index is 490. The van der Waals surface area contributed by atoms with Crippen LogP contribution in [0.4, 0.5) is 0 Å². The molecule has 0 heterocycles. The van der Waals surface area contributed by atoms with E-state index >= 15 is 0 Å². The maximum absolute atomic E-state index is 11.7. The average molecular weight is 334 g/mol. The molecule has 1 unspecified atom stereocenters. The lowest BCUT2D eigenvalue weighted by Gasteiger charge is -2.25. The fraction of sp³-hybridized carbons (Fsp3) is 0.533. The van der Waals surface area contributed by atoms with Gasteiger partial charge in [0.2, 0.25) is 0 Å². The number of carbonyl (C=O) groups excluding carboxylic acids is 1. The molecule has 0 saturated heterocycles. The zero-order valence-corrected chi connectivity index (χ0v) is 14.0. The van der Waals surface area contributed by atoms with Crippen LogP contribution in [0, 0.1) is 5.92 Å². The van der Waals surface area contributed by atoms with Crippen LogP contribution in [0.5, 0.6) is 5.75 Å². The van der Waals surface area contributed by atoms with Crippen LogP contribution in [0.2, 0.25) is 10.0 Å². The van der Waals surface area contributed by atoms with Crippen LogP contribution < -0.4 is 10.1 Å². The topological polar surface area (TPSA) is 58.6 Å². The second-order valence-corrected chi connectivity index (χ2v) is 6.58. The first kappa shape index (κ1) is 18.1. The highest BCUT2D eigenvalue weighted by Crippen LogP contribution is 2.27. The second-order valence-electron chi connectivity index (χ2n) is 5.74. The van der Waals surface area contributed by atoms with Gasteiger partial charge in [0.15, 0.2) is 6.61 Å². The van der Waals surface area contributed by atoms with Gasteiger partial charge in [0.25, 0.3) is 5.91 Å². The number of rotatable bonds is 7. The van der Waals surface area contributed by atoms with Gasteiger partial charge < -0.3 is 15.2 Å². The largest absolute Gasteiger partial charge is 0.482 e. The molecule has 0 fully saturated rings. The van der Waals surface area contributed by atoms with Crippen LogP contribution in [-0.2, 0) is 4.79 Å². The van der Waals surface area contributed by atoms with Gasteiger partial charge in [-0.25, -0.2) is 0 Å². The molecule has 1 aromatic rings. The van der Waals surface area contributed by atoms with Gasteiger partial charge in [0.05, 0.1) is 10.6 Å². The highest BCUT2D eigenvalue weighted by Gasteiger charge is 2.22. The summed E-state index contributed by atoms with van der Waals surface area (Å²) >= 11 is 11.7. The molecule has 0 bridgehead atoms. The van der Waals surface area contributed by atoms with Crippen LogP contribution in [0.3, 0.4) is 0 Å². The quantitative estimate of drug-likeness (QED) is 0.804. The summed E-state index contributed by atoms with van der Waals surface area (Å²) in [4.78, 5) is 11.7. The Morgan fingerprint density at radius 1 is 1.43 bits per heavy atom. The lowest BCUT2D eigenvalue weighted by atomic mass is 9.94. The zero-order valence-electron chi connectivity index (χ0n) is 12.5. The smallest absolute Gasteiger partial charge is 0.258 e. The van der Waals surface area contributed by atoms with Crippen LogP contribution in [-0.4, -0.2) is 29.8 Å². The van der Waals surface area contributed by atoms with Crippen LogP contribution >= 0.6 is 23.2 Å². The van der Waals surface area contributed by atoms with E-state index in [0.29, 0.717) is 28.1 Å². The van der Waals surface area contributed by atoms with Gasteiger partial charge >= 0.3 is 0 Å². The Morgan fingerprint density at radius 2 is 2.10 bits per heavy atom. The summed E-state index contributed by atoms with van der Waals surface area (Å²) in [6.07, 6.45) is 0.608. The number of benzene rings is 1. The molecule has 1 aromatic carbocycles. The van der Waals surface area contributed by atoms with Crippen molar-refractivity contribution in [1.82, 2.24) is 5.32 Å². The van der Waals surface area contributed by atoms with Gasteiger partial charge in [-0.05, 0) is 37.5 Å². The molecule has 1 amide bonds. The van der Waals surface area contributed by atoms with E-state index in [1.165, 1.54) is 0 Å². The maximum Gasteiger partial charge on any atom is 0.258 e. The Morgan fingerprint density at radius 3 is 2.67 bits per heavy atom. The van der Waals surface area contributed by atoms with Crippen LogP contribution in [0.15, 0.2) is 18.2 Å². The predicted molar refractivity (Wildman–Crippen MR) is 85.0 cm³/mol. The molecule has 118 valence electrons. The molecule has 6 heteroatoms. The molecule has 0 aliphatic heterocycles. The molecule has 0 aromatic heterocycles. The first-order valence-electron chi connectivity index (χ1n) is 6.76. The molecule has 0 radical (unpaired) electrons. The zero-order chi connectivity index (χ0) is 16.0. The molecule has 0 aliphatic carbocycles. The first-order chi connectivity index (χ1) is 9.69. The number of ether oxygens (including phenoxy) is 1. The number of carbonyl (C=O) groups is 1. The van der Waals surface area contributed by atoms with Gasteiger partial charge in [-0.3, -0.25) is 4.79 Å². The van der Waals surface area contributed by atoms with Crippen molar-refractivity contribution in [2.45, 2.75) is 32.8 Å². The lowest BCUT2D eigenvalue weighted by Crippen LogP contribution is -2.43. The Kier molecular flexibility index (Phi) is 6.78. The van der Waals surface area contributed by atoms with E-state index in [0.717, 1.165) is 0 Å². The van der Waals surface area contributed by atoms with E-state index in [4.69, 9.17) is 27.9 Å². The monoisotopic (exact) mass is 333 g/mol. The highest BCUT2D eigenvalue weighted by atomic mass is 35.5. The van der Waals surface area contributed by atoms with Gasteiger partial charge in [-0.2, -0.15) is 0 Å². The number of halogens is 2. The Hall–Kier alpha value is -0.970. The number of nitrogens with one attached hydrogen (secondary N) is 1. The third-order valence-corrected chi connectivity index (χ3v) is 3.30. The van der Waals surface area contributed by atoms with Crippen molar-refractivity contribution in [3.05, 3.63) is 28.2 Å². The Balaban J connectivity index is 2.41. The van der Waals surface area contributed by atoms with E-state index in [1.54, 1.807) is 25.1 Å². The number of hydrogen-bond donors (Lipinski definition) is 2. The standard InChI is InChI=1S/C15H21Cl2NO3/c1-10(2)7-15(3,20)9-18-14(19)8-21-13-5-4-11(16)6-12(13)17/h4-6,10,20H,7-9H2,1-3H3,(H,18,19). The summed E-state index contributed by atoms with van der Waals surface area (Å²) < 4.78 is 5.32. The van der Waals surface area contributed by atoms with Crippen molar-refractivity contribution >= 4 is 29.1 Å². The van der Waals surface area contributed by atoms with Gasteiger partial charge in [-0.1, -0.05) is 37.0 Å². The van der Waals surface area contributed by atoms with Crippen molar-refractivity contribution < 1.29 is 14.6 Å². The number of amides is 1. The fourth-order valence-corrected chi connectivity index (χ4v) is 2.49. The van der Waals surface area contributed by atoms with E-state index in [2.05, 4.69) is 5.32 Å². The molecule has 1 atom stereocenters. The minimum absolute atomic E-state index is 0.168. The molecule has 0 spiro atoms. The third kappa shape index (κ3) is 7.02. The molecule has 21 heavy (non-hydrogen) atoms. The molecule has 1 rings (SSSR count). The highest BCUT2D eigenvalue weighted by molar-refractivity contribution is 6.35. The van der Waals surface area contributed by atoms with Gasteiger partial charge in [0, 0.05) is 11.6 Å². The molecule has 2 N–H and O–H groups in total. The van der Waals surface area contributed by atoms with Crippen molar-refractivity contribution in [2.24, 2.45) is 5.92 Å². The molecule has 0 aliphatic rings. The summed E-state index contributed by atoms with van der Waals surface area (Å²) in [5.74, 6) is 0.427. The lowest BCUT2D eigenvalue weighted by molar-refractivity contribution is -0.124. The van der Waals surface area contributed by atoms with Crippen molar-refractivity contribution in [1.29, 1.82) is 0 Å². The Labute approximate surface area is 135 Å². The normalized spacial score (nSPS) is 13.9. The molecular weight excluding hydrogens is 313 g/mol. The molecular formula is C15H21Cl2NO3. The minimum Gasteiger partial charge on any atom is -0.482 e. The van der Waals surface area contributed by atoms with Gasteiger partial charge in [-0.15, -0.1) is 0 Å². The summed E-state index contributed by atoms with van der Waals surface area (Å²) in [6, 6.07) is 4.78. The third-order valence-electron chi connectivity index (χ3n) is 2.77. The fourth-order valence-electron chi connectivity index (χ4n) is 2.03. The van der Waals surface area contributed by atoms with Crippen molar-refractivity contribution in [2.75, 3.05) is 13.2 Å². The maximum atomic E-state index is 11.7. The average Bonchev–Trinajstić information content (AvgIpc) is 2.34. The van der Waals surface area contributed by atoms with E-state index in [1.807, 2.05) is 13.8 Å². The second kappa shape index (κ2) is 7.87. The molecule has 4 nitrogen and oxygen atoms in total. The summed E-state index contributed by atoms with van der Waals surface area (Å²) in [6.45, 7) is 5.74. The number of hydrogen-bond acceptors (Lipinski definition) is 3. The summed E-state index contributed by atoms with van der Waals surface area (Å²) in [5, 5.41) is 13.6. The van der Waals surface area contributed by atoms with Crippen molar-refractivity contribution in [3.8, 4) is 5.75 Å². The summed E-state index contributed by atoms with van der Waals surface area (Å²) in [5.41, 5.74) is -0.929. The number of aliphatic hydroxyl groups is 1. The van der Waals surface area contributed by atoms with Crippen molar-refractivity contribution in [3.63, 3.8) is 0 Å². The van der Waals surface area contributed by atoms with Crippen LogP contribution in [0.1, 0.15) is 27.2 Å².